The maximum Gasteiger partial charge on any atom is 0.390 e. The molecule has 1 N–H and O–H groups in total. The van der Waals surface area contributed by atoms with Crippen LogP contribution in [0, 0.1) is 17.0 Å². The van der Waals surface area contributed by atoms with Crippen LogP contribution in [0.25, 0.3) is 0 Å². The summed E-state index contributed by atoms with van der Waals surface area (Å²) in [5.74, 6) is -0.530. The molecule has 0 aliphatic heterocycles. The highest BCUT2D eigenvalue weighted by Crippen LogP contribution is 2.10. The van der Waals surface area contributed by atoms with Gasteiger partial charge in [0.15, 0.2) is 0 Å². The van der Waals surface area contributed by atoms with Crippen molar-refractivity contribution in [2.45, 2.75) is 20.0 Å². The second-order valence-corrected chi connectivity index (χ2v) is 4.36. The van der Waals surface area contributed by atoms with Crippen molar-refractivity contribution >= 4 is 11.7 Å². The van der Waals surface area contributed by atoms with Crippen LogP contribution in [-0.4, -0.2) is 30.4 Å². The minimum atomic E-state index is -0.586. The van der Waals surface area contributed by atoms with E-state index in [1.807, 2.05) is 0 Å². The quantitative estimate of drug-likeness (QED) is 0.618. The molecule has 0 saturated heterocycles. The first-order valence-corrected chi connectivity index (χ1v) is 5.89. The molecule has 0 bridgehead atoms. The van der Waals surface area contributed by atoms with Gasteiger partial charge in [0.25, 0.3) is 0 Å². The Morgan fingerprint density at radius 1 is 1.55 bits per heavy atom. The molecule has 0 radical (unpaired) electrons. The van der Waals surface area contributed by atoms with Gasteiger partial charge in [-0.05, 0) is 11.8 Å². The number of nitro groups is 1. The van der Waals surface area contributed by atoms with Crippen molar-refractivity contribution < 1.29 is 9.72 Å². The number of aryl methyl sites for hydroxylation is 2. The number of carbonyl (C=O) groups is 1. The van der Waals surface area contributed by atoms with Gasteiger partial charge in [-0.15, -0.1) is 0 Å². The van der Waals surface area contributed by atoms with E-state index in [4.69, 9.17) is 0 Å². The summed E-state index contributed by atoms with van der Waals surface area (Å²) in [6.45, 7) is 1.96. The van der Waals surface area contributed by atoms with Crippen LogP contribution in [0.4, 0.5) is 5.82 Å². The third kappa shape index (κ3) is 3.19. The largest absolute Gasteiger partial charge is 0.390 e. The zero-order valence-electron chi connectivity index (χ0n) is 11.1. The first-order chi connectivity index (χ1) is 9.45. The van der Waals surface area contributed by atoms with Crippen LogP contribution < -0.4 is 5.32 Å². The highest BCUT2D eigenvalue weighted by atomic mass is 16.6. The molecule has 0 fully saturated rings. The molecule has 106 valence electrons. The number of nitrogens with one attached hydrogen (secondary N) is 1. The standard InChI is InChI=1S/C11H14N6O3/c1-8-3-10(17(19)20)14-16(8)7-11(18)12-4-9-5-13-15(2)6-9/h3,5-6H,4,7H2,1-2H3,(H,12,18). The van der Waals surface area contributed by atoms with Crippen LogP contribution >= 0.6 is 0 Å². The Balaban J connectivity index is 1.92. The lowest BCUT2D eigenvalue weighted by Crippen LogP contribution is -2.27. The van der Waals surface area contributed by atoms with Gasteiger partial charge in [0.1, 0.15) is 6.54 Å². The molecule has 0 unspecified atom stereocenters. The van der Waals surface area contributed by atoms with E-state index in [2.05, 4.69) is 15.5 Å². The molecule has 2 rings (SSSR count). The van der Waals surface area contributed by atoms with Crippen molar-refractivity contribution in [3.05, 3.63) is 39.8 Å². The summed E-state index contributed by atoms with van der Waals surface area (Å²) in [7, 11) is 1.79. The molecular formula is C11H14N6O3. The maximum atomic E-state index is 11.8. The molecule has 2 aromatic heterocycles. The summed E-state index contributed by atoms with van der Waals surface area (Å²) < 4.78 is 2.94. The van der Waals surface area contributed by atoms with E-state index in [9.17, 15) is 14.9 Å². The van der Waals surface area contributed by atoms with Crippen LogP contribution in [0.1, 0.15) is 11.3 Å². The monoisotopic (exact) mass is 278 g/mol. The van der Waals surface area contributed by atoms with Crippen molar-refractivity contribution in [3.63, 3.8) is 0 Å². The summed E-state index contributed by atoms with van der Waals surface area (Å²) in [6.07, 6.45) is 3.45. The molecule has 2 aromatic rings. The van der Waals surface area contributed by atoms with Gasteiger partial charge < -0.3 is 15.4 Å². The van der Waals surface area contributed by atoms with E-state index in [1.54, 1.807) is 31.0 Å². The molecule has 1 amide bonds. The molecule has 0 aliphatic carbocycles. The fourth-order valence-corrected chi connectivity index (χ4v) is 1.70. The number of hydrogen-bond acceptors (Lipinski definition) is 5. The molecule has 0 aliphatic rings. The van der Waals surface area contributed by atoms with Gasteiger partial charge in [0.2, 0.25) is 5.91 Å². The minimum absolute atomic E-state index is 0.0556. The fourth-order valence-electron chi connectivity index (χ4n) is 1.70. The summed E-state index contributed by atoms with van der Waals surface area (Å²) in [6, 6.07) is 1.33. The van der Waals surface area contributed by atoms with Crippen molar-refractivity contribution in [1.82, 2.24) is 24.9 Å². The van der Waals surface area contributed by atoms with Crippen LogP contribution in [0.5, 0.6) is 0 Å². The topological polar surface area (TPSA) is 108 Å². The second kappa shape index (κ2) is 5.51. The number of nitrogens with zero attached hydrogens (tertiary/aromatic N) is 5. The number of rotatable bonds is 5. The van der Waals surface area contributed by atoms with Gasteiger partial charge in [-0.25, -0.2) is 0 Å². The lowest BCUT2D eigenvalue weighted by atomic mass is 10.3. The van der Waals surface area contributed by atoms with E-state index in [0.29, 0.717) is 12.2 Å². The van der Waals surface area contributed by atoms with Crippen LogP contribution in [0.3, 0.4) is 0 Å². The Labute approximate surface area is 114 Å². The predicted molar refractivity (Wildman–Crippen MR) is 68.7 cm³/mol. The summed E-state index contributed by atoms with van der Waals surface area (Å²) in [5, 5.41) is 21.0. The first-order valence-electron chi connectivity index (χ1n) is 5.89. The first kappa shape index (κ1) is 13.7. The van der Waals surface area contributed by atoms with Crippen molar-refractivity contribution in [2.24, 2.45) is 7.05 Å². The lowest BCUT2D eigenvalue weighted by molar-refractivity contribution is -0.389. The zero-order chi connectivity index (χ0) is 14.7. The smallest absolute Gasteiger partial charge is 0.358 e. The van der Waals surface area contributed by atoms with Crippen LogP contribution in [0.2, 0.25) is 0 Å². The van der Waals surface area contributed by atoms with E-state index in [1.165, 1.54) is 10.7 Å². The van der Waals surface area contributed by atoms with E-state index in [0.717, 1.165) is 5.56 Å². The number of carbonyl (C=O) groups excluding carboxylic acids is 1. The number of aromatic nitrogens is 4. The molecule has 0 saturated carbocycles. The summed E-state index contributed by atoms with van der Waals surface area (Å²) in [5.41, 5.74) is 1.44. The Kier molecular flexibility index (Phi) is 3.78. The van der Waals surface area contributed by atoms with E-state index < -0.39 is 4.92 Å². The van der Waals surface area contributed by atoms with E-state index in [-0.39, 0.29) is 18.3 Å². The molecule has 2 heterocycles. The third-order valence-electron chi connectivity index (χ3n) is 2.70. The highest BCUT2D eigenvalue weighted by Gasteiger charge is 2.17. The highest BCUT2D eigenvalue weighted by molar-refractivity contribution is 5.75. The normalized spacial score (nSPS) is 10.5. The Hall–Kier alpha value is -2.71. The third-order valence-corrected chi connectivity index (χ3v) is 2.70. The molecule has 9 nitrogen and oxygen atoms in total. The SMILES string of the molecule is Cc1cc([N+](=O)[O-])nn1CC(=O)NCc1cnn(C)c1. The van der Waals surface area contributed by atoms with Crippen LogP contribution in [-0.2, 0) is 24.9 Å². The molecule has 0 spiro atoms. The minimum Gasteiger partial charge on any atom is -0.358 e. The van der Waals surface area contributed by atoms with Gasteiger partial charge >= 0.3 is 5.82 Å². The Morgan fingerprint density at radius 3 is 2.85 bits per heavy atom. The van der Waals surface area contributed by atoms with E-state index >= 15 is 0 Å². The summed E-state index contributed by atoms with van der Waals surface area (Å²) in [4.78, 5) is 21.8. The van der Waals surface area contributed by atoms with Crippen molar-refractivity contribution in [2.75, 3.05) is 0 Å². The van der Waals surface area contributed by atoms with Gasteiger partial charge in [0, 0.05) is 25.4 Å². The average molecular weight is 278 g/mol. The second-order valence-electron chi connectivity index (χ2n) is 4.36. The molecule has 0 aromatic carbocycles. The number of hydrogen-bond donors (Lipinski definition) is 1. The molecule has 20 heavy (non-hydrogen) atoms. The van der Waals surface area contributed by atoms with Crippen LogP contribution in [0.15, 0.2) is 18.5 Å². The fraction of sp³-hybridized carbons (Fsp3) is 0.364. The predicted octanol–water partition coefficient (Wildman–Crippen LogP) is 0.150. The van der Waals surface area contributed by atoms with Gasteiger partial charge in [0.05, 0.1) is 23.1 Å². The average Bonchev–Trinajstić information content (AvgIpc) is 2.94. The van der Waals surface area contributed by atoms with Gasteiger partial charge in [-0.2, -0.15) is 9.78 Å². The van der Waals surface area contributed by atoms with Crippen molar-refractivity contribution in [3.8, 4) is 0 Å². The molecular weight excluding hydrogens is 264 g/mol. The van der Waals surface area contributed by atoms with Gasteiger partial charge in [-0.1, -0.05) is 0 Å². The molecule has 0 atom stereocenters. The Morgan fingerprint density at radius 2 is 2.30 bits per heavy atom. The lowest BCUT2D eigenvalue weighted by Gasteiger charge is -2.02. The molecule has 9 heteroatoms. The maximum absolute atomic E-state index is 11.8. The Bertz CT molecular complexity index is 644. The van der Waals surface area contributed by atoms with Gasteiger partial charge in [-0.3, -0.25) is 9.48 Å². The zero-order valence-corrected chi connectivity index (χ0v) is 11.1. The summed E-state index contributed by atoms with van der Waals surface area (Å²) >= 11 is 0. The number of amides is 1. The van der Waals surface area contributed by atoms with Crippen molar-refractivity contribution in [1.29, 1.82) is 0 Å².